The summed E-state index contributed by atoms with van der Waals surface area (Å²) in [4.78, 5) is 26.0. The lowest BCUT2D eigenvalue weighted by molar-refractivity contribution is -0.144. The van der Waals surface area contributed by atoms with E-state index in [1.807, 2.05) is 6.92 Å². The molecule has 5 heteroatoms. The third-order valence-electron chi connectivity index (χ3n) is 2.76. The first kappa shape index (κ1) is 12.0. The summed E-state index contributed by atoms with van der Waals surface area (Å²) in [6.07, 6.45) is 0. The Balaban J connectivity index is 2.44. The molecule has 0 saturated carbocycles. The Hall–Kier alpha value is -1.10. The molecular weight excluding hydrogens is 196 g/mol. The largest absolute Gasteiger partial charge is 0.481 e. The van der Waals surface area contributed by atoms with Gasteiger partial charge in [0.1, 0.15) is 0 Å². The molecule has 1 aliphatic heterocycles. The predicted molar refractivity (Wildman–Crippen MR) is 55.5 cm³/mol. The van der Waals surface area contributed by atoms with Gasteiger partial charge in [-0.25, -0.2) is 0 Å². The van der Waals surface area contributed by atoms with E-state index in [1.165, 1.54) is 0 Å². The smallest absolute Gasteiger partial charge is 0.308 e. The van der Waals surface area contributed by atoms with Gasteiger partial charge in [0.15, 0.2) is 0 Å². The summed E-state index contributed by atoms with van der Waals surface area (Å²) in [5, 5.41) is 8.75. The van der Waals surface area contributed by atoms with Gasteiger partial charge in [0.05, 0.1) is 12.5 Å². The standard InChI is InChI=1S/C10H18N2O3/c1-3-11-4-5-12(9(13)7-11)6-8(2)10(14)15/h8H,3-7H2,1-2H3,(H,14,15). The van der Waals surface area contributed by atoms with E-state index in [4.69, 9.17) is 5.11 Å². The number of likely N-dealkylation sites (N-methyl/N-ethyl adjacent to an activating group) is 1. The number of carboxylic acid groups (broad SMARTS) is 1. The van der Waals surface area contributed by atoms with Gasteiger partial charge in [-0.2, -0.15) is 0 Å². The zero-order valence-corrected chi connectivity index (χ0v) is 9.27. The van der Waals surface area contributed by atoms with Gasteiger partial charge in [0.25, 0.3) is 0 Å². The highest BCUT2D eigenvalue weighted by molar-refractivity contribution is 5.80. The van der Waals surface area contributed by atoms with Crippen molar-refractivity contribution in [2.45, 2.75) is 13.8 Å². The first-order valence-electron chi connectivity index (χ1n) is 5.27. The molecular formula is C10H18N2O3. The number of piperazine rings is 1. The van der Waals surface area contributed by atoms with Crippen LogP contribution in [0.5, 0.6) is 0 Å². The maximum atomic E-state index is 11.6. The number of aliphatic carboxylic acids is 1. The van der Waals surface area contributed by atoms with E-state index in [-0.39, 0.29) is 5.91 Å². The van der Waals surface area contributed by atoms with Crippen molar-refractivity contribution in [2.24, 2.45) is 5.92 Å². The minimum Gasteiger partial charge on any atom is -0.481 e. The van der Waals surface area contributed by atoms with Crippen molar-refractivity contribution in [1.82, 2.24) is 9.80 Å². The second-order valence-electron chi connectivity index (χ2n) is 3.95. The van der Waals surface area contributed by atoms with Gasteiger partial charge in [0, 0.05) is 19.6 Å². The molecule has 1 saturated heterocycles. The lowest BCUT2D eigenvalue weighted by atomic mass is 10.1. The molecule has 1 amide bonds. The molecule has 0 aromatic heterocycles. The highest BCUT2D eigenvalue weighted by atomic mass is 16.4. The van der Waals surface area contributed by atoms with Gasteiger partial charge in [0.2, 0.25) is 5.91 Å². The maximum Gasteiger partial charge on any atom is 0.308 e. The lowest BCUT2D eigenvalue weighted by Gasteiger charge is -2.34. The van der Waals surface area contributed by atoms with E-state index in [0.717, 1.165) is 13.1 Å². The maximum absolute atomic E-state index is 11.6. The van der Waals surface area contributed by atoms with Crippen LogP contribution in [-0.2, 0) is 9.59 Å². The highest BCUT2D eigenvalue weighted by Crippen LogP contribution is 2.06. The molecule has 86 valence electrons. The molecule has 1 aliphatic rings. The quantitative estimate of drug-likeness (QED) is 0.708. The summed E-state index contributed by atoms with van der Waals surface area (Å²) in [5.41, 5.74) is 0. The second kappa shape index (κ2) is 5.11. The van der Waals surface area contributed by atoms with E-state index >= 15 is 0 Å². The zero-order valence-electron chi connectivity index (χ0n) is 9.27. The van der Waals surface area contributed by atoms with Crippen LogP contribution in [0.4, 0.5) is 0 Å². The van der Waals surface area contributed by atoms with Crippen LogP contribution < -0.4 is 0 Å². The van der Waals surface area contributed by atoms with Crippen molar-refractivity contribution < 1.29 is 14.7 Å². The van der Waals surface area contributed by atoms with Gasteiger partial charge in [-0.15, -0.1) is 0 Å². The van der Waals surface area contributed by atoms with Gasteiger partial charge in [-0.05, 0) is 6.54 Å². The van der Waals surface area contributed by atoms with E-state index in [0.29, 0.717) is 19.6 Å². The number of carbonyl (C=O) groups excluding carboxylic acids is 1. The topological polar surface area (TPSA) is 60.9 Å². The predicted octanol–water partition coefficient (Wildman–Crippen LogP) is -0.129. The number of hydrogen-bond acceptors (Lipinski definition) is 3. The van der Waals surface area contributed by atoms with Crippen LogP contribution in [0.15, 0.2) is 0 Å². The first-order chi connectivity index (χ1) is 7.04. The molecule has 0 spiro atoms. The Morgan fingerprint density at radius 2 is 2.20 bits per heavy atom. The second-order valence-corrected chi connectivity index (χ2v) is 3.95. The lowest BCUT2D eigenvalue weighted by Crippen LogP contribution is -2.51. The average Bonchev–Trinajstić information content (AvgIpc) is 2.20. The summed E-state index contributed by atoms with van der Waals surface area (Å²) in [5.74, 6) is -1.29. The van der Waals surface area contributed by atoms with Gasteiger partial charge in [-0.1, -0.05) is 13.8 Å². The fourth-order valence-corrected chi connectivity index (χ4v) is 1.63. The van der Waals surface area contributed by atoms with Crippen LogP contribution in [0.2, 0.25) is 0 Å². The Kier molecular flexibility index (Phi) is 4.08. The zero-order chi connectivity index (χ0) is 11.4. The molecule has 0 aromatic carbocycles. The van der Waals surface area contributed by atoms with Crippen LogP contribution in [0.25, 0.3) is 0 Å². The monoisotopic (exact) mass is 214 g/mol. The van der Waals surface area contributed by atoms with Gasteiger partial charge >= 0.3 is 5.97 Å². The SMILES string of the molecule is CCN1CCN(CC(C)C(=O)O)C(=O)C1. The van der Waals surface area contributed by atoms with Crippen LogP contribution in [-0.4, -0.2) is 59.5 Å². The molecule has 0 bridgehead atoms. The van der Waals surface area contributed by atoms with Crippen molar-refractivity contribution in [3.8, 4) is 0 Å². The number of carboxylic acids is 1. The molecule has 1 unspecified atom stereocenters. The molecule has 15 heavy (non-hydrogen) atoms. The van der Waals surface area contributed by atoms with Crippen LogP contribution in [0.3, 0.4) is 0 Å². The van der Waals surface area contributed by atoms with E-state index < -0.39 is 11.9 Å². The average molecular weight is 214 g/mol. The summed E-state index contributed by atoms with van der Waals surface area (Å²) in [6, 6.07) is 0. The number of rotatable bonds is 4. The normalized spacial score (nSPS) is 20.4. The third kappa shape index (κ3) is 3.20. The third-order valence-corrected chi connectivity index (χ3v) is 2.76. The number of amides is 1. The highest BCUT2D eigenvalue weighted by Gasteiger charge is 2.25. The Morgan fingerprint density at radius 3 is 2.67 bits per heavy atom. The van der Waals surface area contributed by atoms with E-state index in [1.54, 1.807) is 11.8 Å². The summed E-state index contributed by atoms with van der Waals surface area (Å²) >= 11 is 0. The van der Waals surface area contributed by atoms with Gasteiger partial charge < -0.3 is 10.0 Å². The summed E-state index contributed by atoms with van der Waals surface area (Å²) in [7, 11) is 0. The molecule has 1 fully saturated rings. The van der Waals surface area contributed by atoms with E-state index in [2.05, 4.69) is 4.90 Å². The molecule has 1 N–H and O–H groups in total. The van der Waals surface area contributed by atoms with Crippen molar-refractivity contribution in [3.05, 3.63) is 0 Å². The summed E-state index contributed by atoms with van der Waals surface area (Å²) in [6.45, 7) is 6.74. The summed E-state index contributed by atoms with van der Waals surface area (Å²) < 4.78 is 0. The minimum absolute atomic E-state index is 0.0381. The van der Waals surface area contributed by atoms with Crippen molar-refractivity contribution in [3.63, 3.8) is 0 Å². The molecule has 1 atom stereocenters. The van der Waals surface area contributed by atoms with Crippen LogP contribution in [0.1, 0.15) is 13.8 Å². The Bertz CT molecular complexity index is 255. The van der Waals surface area contributed by atoms with Crippen molar-refractivity contribution in [1.29, 1.82) is 0 Å². The molecule has 5 nitrogen and oxygen atoms in total. The van der Waals surface area contributed by atoms with Crippen LogP contribution in [0, 0.1) is 5.92 Å². The van der Waals surface area contributed by atoms with Crippen LogP contribution >= 0.6 is 0 Å². The molecule has 0 aliphatic carbocycles. The molecule has 1 heterocycles. The fourth-order valence-electron chi connectivity index (χ4n) is 1.63. The molecule has 0 aromatic rings. The molecule has 1 rings (SSSR count). The van der Waals surface area contributed by atoms with Crippen molar-refractivity contribution in [2.75, 3.05) is 32.7 Å². The van der Waals surface area contributed by atoms with Gasteiger partial charge in [-0.3, -0.25) is 14.5 Å². The Labute approximate surface area is 89.7 Å². The number of nitrogens with zero attached hydrogens (tertiary/aromatic N) is 2. The number of hydrogen-bond donors (Lipinski definition) is 1. The number of carbonyl (C=O) groups is 2. The van der Waals surface area contributed by atoms with E-state index in [9.17, 15) is 9.59 Å². The molecule has 0 radical (unpaired) electrons. The Morgan fingerprint density at radius 1 is 1.53 bits per heavy atom. The first-order valence-corrected chi connectivity index (χ1v) is 5.27. The fraction of sp³-hybridized carbons (Fsp3) is 0.800. The minimum atomic E-state index is -0.847. The van der Waals surface area contributed by atoms with Crippen molar-refractivity contribution >= 4 is 11.9 Å².